The van der Waals surface area contributed by atoms with Crippen LogP contribution in [0, 0.1) is 5.82 Å². The molecule has 0 bridgehead atoms. The lowest BCUT2D eigenvalue weighted by atomic mass is 10.1. The number of benzene rings is 1. The van der Waals surface area contributed by atoms with E-state index in [1.165, 1.54) is 0 Å². The summed E-state index contributed by atoms with van der Waals surface area (Å²) in [6.07, 6.45) is -4.94. The van der Waals surface area contributed by atoms with Crippen molar-refractivity contribution >= 4 is 0 Å². The Morgan fingerprint density at radius 3 is 2.50 bits per heavy atom. The zero-order valence-corrected chi connectivity index (χ0v) is 9.89. The minimum absolute atomic E-state index is 0.0778. The molecule has 18 heavy (non-hydrogen) atoms. The van der Waals surface area contributed by atoms with Gasteiger partial charge in [0.2, 0.25) is 0 Å². The molecule has 6 heteroatoms. The van der Waals surface area contributed by atoms with Crippen molar-refractivity contribution < 1.29 is 22.7 Å². The summed E-state index contributed by atoms with van der Waals surface area (Å²) in [6.45, 7) is 2.65. The van der Waals surface area contributed by atoms with E-state index in [1.54, 1.807) is 0 Å². The predicted molar refractivity (Wildman–Crippen MR) is 59.5 cm³/mol. The maximum Gasteiger partial charge on any atom is 0.416 e. The van der Waals surface area contributed by atoms with Gasteiger partial charge in [0.05, 0.1) is 11.7 Å². The van der Waals surface area contributed by atoms with Crippen molar-refractivity contribution in [3.8, 4) is 0 Å². The summed E-state index contributed by atoms with van der Waals surface area (Å²) >= 11 is 0. The van der Waals surface area contributed by atoms with Gasteiger partial charge in [0, 0.05) is 6.54 Å². The van der Waals surface area contributed by atoms with E-state index in [0.29, 0.717) is 12.6 Å². The average molecular weight is 265 g/mol. The van der Waals surface area contributed by atoms with E-state index < -0.39 is 23.7 Å². The molecule has 2 N–H and O–H groups in total. The van der Waals surface area contributed by atoms with Gasteiger partial charge < -0.3 is 10.4 Å². The summed E-state index contributed by atoms with van der Waals surface area (Å²) in [6, 6.07) is 2.09. The Kier molecular flexibility index (Phi) is 5.10. The molecule has 0 aliphatic rings. The Hall–Kier alpha value is -1.14. The number of hydrogen-bond acceptors (Lipinski definition) is 2. The van der Waals surface area contributed by atoms with Gasteiger partial charge in [-0.3, -0.25) is 0 Å². The maximum atomic E-state index is 13.1. The van der Waals surface area contributed by atoms with Gasteiger partial charge in [0.1, 0.15) is 5.82 Å². The van der Waals surface area contributed by atoms with Gasteiger partial charge in [0.25, 0.3) is 0 Å². The predicted octanol–water partition coefficient (Wildman–Crippen LogP) is 2.88. The van der Waals surface area contributed by atoms with Crippen molar-refractivity contribution in [3.63, 3.8) is 0 Å². The Labute approximate surface area is 103 Å². The lowest BCUT2D eigenvalue weighted by Gasteiger charge is -2.14. The second-order valence-corrected chi connectivity index (χ2v) is 3.99. The molecule has 0 spiro atoms. The quantitative estimate of drug-likeness (QED) is 0.634. The smallest absolute Gasteiger partial charge is 0.387 e. The number of halogens is 4. The van der Waals surface area contributed by atoms with Gasteiger partial charge >= 0.3 is 6.18 Å². The summed E-state index contributed by atoms with van der Waals surface area (Å²) in [7, 11) is 0. The normalized spacial score (nSPS) is 13.7. The molecule has 0 radical (unpaired) electrons. The molecule has 0 saturated carbocycles. The van der Waals surface area contributed by atoms with E-state index in [2.05, 4.69) is 5.32 Å². The third-order valence-corrected chi connectivity index (χ3v) is 2.40. The summed E-state index contributed by atoms with van der Waals surface area (Å²) < 4.78 is 50.4. The largest absolute Gasteiger partial charge is 0.416 e. The molecule has 102 valence electrons. The number of nitrogens with one attached hydrogen (secondary N) is 1. The van der Waals surface area contributed by atoms with Crippen molar-refractivity contribution in [1.82, 2.24) is 5.32 Å². The third-order valence-electron chi connectivity index (χ3n) is 2.40. The molecule has 1 atom stereocenters. The fourth-order valence-corrected chi connectivity index (χ4v) is 1.50. The first-order valence-electron chi connectivity index (χ1n) is 5.61. The molecular formula is C12H15F4NO. The molecule has 0 amide bonds. The summed E-state index contributed by atoms with van der Waals surface area (Å²) in [4.78, 5) is 0. The summed E-state index contributed by atoms with van der Waals surface area (Å²) in [5, 5.41) is 12.5. The average Bonchev–Trinajstić information content (AvgIpc) is 2.27. The lowest BCUT2D eigenvalue weighted by Crippen LogP contribution is -2.22. The topological polar surface area (TPSA) is 32.3 Å². The van der Waals surface area contributed by atoms with Crippen LogP contribution in [0.1, 0.15) is 30.6 Å². The van der Waals surface area contributed by atoms with Crippen LogP contribution in [0.2, 0.25) is 0 Å². The van der Waals surface area contributed by atoms with E-state index in [4.69, 9.17) is 0 Å². The van der Waals surface area contributed by atoms with Crippen LogP contribution in [-0.2, 0) is 6.18 Å². The fraction of sp³-hybridized carbons (Fsp3) is 0.500. The zero-order valence-electron chi connectivity index (χ0n) is 9.89. The van der Waals surface area contributed by atoms with Gasteiger partial charge in [-0.15, -0.1) is 0 Å². The highest BCUT2D eigenvalue weighted by Crippen LogP contribution is 2.31. The standard InChI is InChI=1S/C12H15F4NO/c1-2-3-17-7-11(18)8-4-9(12(14,15)16)6-10(13)5-8/h4-6,11,17-18H,2-3,7H2,1H3. The first-order chi connectivity index (χ1) is 8.34. The minimum Gasteiger partial charge on any atom is -0.387 e. The van der Waals surface area contributed by atoms with E-state index in [0.717, 1.165) is 18.6 Å². The highest BCUT2D eigenvalue weighted by Gasteiger charge is 2.31. The molecule has 1 aromatic carbocycles. The Bertz CT molecular complexity index is 392. The van der Waals surface area contributed by atoms with Gasteiger partial charge in [-0.25, -0.2) is 4.39 Å². The maximum absolute atomic E-state index is 13.1. The number of aliphatic hydroxyl groups is 1. The molecule has 1 aromatic rings. The van der Waals surface area contributed by atoms with Crippen LogP contribution in [0.5, 0.6) is 0 Å². The van der Waals surface area contributed by atoms with Crippen molar-refractivity contribution in [2.75, 3.05) is 13.1 Å². The van der Waals surface area contributed by atoms with Crippen molar-refractivity contribution in [3.05, 3.63) is 35.1 Å². The van der Waals surface area contributed by atoms with Gasteiger partial charge in [0.15, 0.2) is 0 Å². The molecule has 0 aliphatic carbocycles. The zero-order chi connectivity index (χ0) is 13.8. The number of hydrogen-bond donors (Lipinski definition) is 2. The lowest BCUT2D eigenvalue weighted by molar-refractivity contribution is -0.137. The highest BCUT2D eigenvalue weighted by atomic mass is 19.4. The van der Waals surface area contributed by atoms with Crippen molar-refractivity contribution in [2.45, 2.75) is 25.6 Å². The molecule has 0 saturated heterocycles. The van der Waals surface area contributed by atoms with E-state index in [9.17, 15) is 22.7 Å². The number of alkyl halides is 3. The van der Waals surface area contributed by atoms with E-state index >= 15 is 0 Å². The summed E-state index contributed by atoms with van der Waals surface area (Å²) in [5.41, 5.74) is -1.17. The van der Waals surface area contributed by atoms with Gasteiger partial charge in [-0.05, 0) is 36.7 Å². The molecule has 0 aliphatic heterocycles. The minimum atomic E-state index is -4.62. The number of rotatable bonds is 5. The Balaban J connectivity index is 2.85. The van der Waals surface area contributed by atoms with Crippen LogP contribution in [-0.4, -0.2) is 18.2 Å². The van der Waals surface area contributed by atoms with E-state index in [1.807, 2.05) is 6.92 Å². The van der Waals surface area contributed by atoms with Crippen LogP contribution >= 0.6 is 0 Å². The van der Waals surface area contributed by atoms with Crippen molar-refractivity contribution in [2.24, 2.45) is 0 Å². The highest BCUT2D eigenvalue weighted by molar-refractivity contribution is 5.28. The molecule has 2 nitrogen and oxygen atoms in total. The third kappa shape index (κ3) is 4.27. The van der Waals surface area contributed by atoms with Crippen LogP contribution in [0.15, 0.2) is 18.2 Å². The molecule has 0 heterocycles. The SMILES string of the molecule is CCCNCC(O)c1cc(F)cc(C(F)(F)F)c1. The molecule has 0 aromatic heterocycles. The first kappa shape index (κ1) is 14.9. The van der Waals surface area contributed by atoms with Gasteiger partial charge in [-0.2, -0.15) is 13.2 Å². The molecular weight excluding hydrogens is 250 g/mol. The Morgan fingerprint density at radius 2 is 1.94 bits per heavy atom. The van der Waals surface area contributed by atoms with E-state index in [-0.39, 0.29) is 12.1 Å². The van der Waals surface area contributed by atoms with Crippen LogP contribution in [0.4, 0.5) is 17.6 Å². The first-order valence-corrected chi connectivity index (χ1v) is 5.61. The van der Waals surface area contributed by atoms with Crippen molar-refractivity contribution in [1.29, 1.82) is 0 Å². The van der Waals surface area contributed by atoms with Crippen LogP contribution in [0.25, 0.3) is 0 Å². The monoisotopic (exact) mass is 265 g/mol. The second-order valence-electron chi connectivity index (χ2n) is 3.99. The molecule has 1 unspecified atom stereocenters. The Morgan fingerprint density at radius 1 is 1.28 bits per heavy atom. The second kappa shape index (κ2) is 6.15. The number of aliphatic hydroxyl groups excluding tert-OH is 1. The molecule has 0 fully saturated rings. The fourth-order valence-electron chi connectivity index (χ4n) is 1.50. The molecule has 1 rings (SSSR count). The van der Waals surface area contributed by atoms with Gasteiger partial charge in [-0.1, -0.05) is 6.92 Å². The van der Waals surface area contributed by atoms with Crippen LogP contribution in [0.3, 0.4) is 0 Å². The van der Waals surface area contributed by atoms with Crippen LogP contribution < -0.4 is 5.32 Å². The summed E-state index contributed by atoms with van der Waals surface area (Å²) in [5.74, 6) is -1.01.